The van der Waals surface area contributed by atoms with Crippen molar-refractivity contribution in [2.75, 3.05) is 17.3 Å². The molecule has 1 aromatic heterocycles. The first-order valence-electron chi connectivity index (χ1n) is 4.48. The molecule has 0 fully saturated rings. The van der Waals surface area contributed by atoms with Crippen LogP contribution in [0.2, 0.25) is 0 Å². The van der Waals surface area contributed by atoms with E-state index >= 15 is 0 Å². The fourth-order valence-electron chi connectivity index (χ4n) is 1.24. The molecule has 84 valence electrons. The number of nitrogens with zero attached hydrogens (tertiary/aromatic N) is 3. The number of hydrogen-bond donors (Lipinski definition) is 1. The number of nitrogens with one attached hydrogen (secondary N) is 1. The van der Waals surface area contributed by atoms with Gasteiger partial charge in [-0.25, -0.2) is 0 Å². The van der Waals surface area contributed by atoms with E-state index in [1.54, 1.807) is 18.8 Å². The average molecular weight is 230 g/mol. The van der Waals surface area contributed by atoms with Gasteiger partial charge in [-0.3, -0.25) is 14.8 Å². The van der Waals surface area contributed by atoms with E-state index in [0.29, 0.717) is 5.82 Å². The van der Waals surface area contributed by atoms with Gasteiger partial charge in [0.15, 0.2) is 0 Å². The van der Waals surface area contributed by atoms with Crippen LogP contribution in [0.4, 0.5) is 11.5 Å². The molecule has 7 heteroatoms. The van der Waals surface area contributed by atoms with E-state index in [0.717, 1.165) is 5.75 Å². The summed E-state index contributed by atoms with van der Waals surface area (Å²) in [6.45, 7) is 1.97. The van der Waals surface area contributed by atoms with Gasteiger partial charge in [0.2, 0.25) is 5.82 Å². The lowest BCUT2D eigenvalue weighted by Gasteiger charge is -2.10. The minimum Gasteiger partial charge on any atom is -0.360 e. The Morgan fingerprint density at radius 2 is 2.47 bits per heavy atom. The highest BCUT2D eigenvalue weighted by molar-refractivity contribution is 7.98. The maximum absolute atomic E-state index is 10.7. The predicted molar refractivity (Wildman–Crippen MR) is 61.3 cm³/mol. The Balaban J connectivity index is 2.79. The van der Waals surface area contributed by atoms with Crippen molar-refractivity contribution in [1.29, 1.82) is 0 Å². The summed E-state index contributed by atoms with van der Waals surface area (Å²) < 4.78 is 1.44. The highest BCUT2D eigenvalue weighted by Gasteiger charge is 2.19. The Bertz CT molecular complexity index is 352. The average Bonchev–Trinajstić information content (AvgIpc) is 2.47. The lowest BCUT2D eigenvalue weighted by atomic mass is 10.4. The van der Waals surface area contributed by atoms with Crippen LogP contribution >= 0.6 is 11.8 Å². The van der Waals surface area contributed by atoms with Crippen molar-refractivity contribution in [3.63, 3.8) is 0 Å². The Morgan fingerprint density at radius 1 is 1.80 bits per heavy atom. The number of thioether (sulfide) groups is 1. The SMILES string of the molecule is CSCC(C)Nc1nn(C)cc1[N+](=O)[O-]. The largest absolute Gasteiger partial charge is 0.360 e. The van der Waals surface area contributed by atoms with Crippen molar-refractivity contribution in [1.82, 2.24) is 9.78 Å². The van der Waals surface area contributed by atoms with Crippen LogP contribution in [0.15, 0.2) is 6.20 Å². The minimum atomic E-state index is -0.429. The second-order valence-electron chi connectivity index (χ2n) is 3.29. The summed E-state index contributed by atoms with van der Waals surface area (Å²) in [7, 11) is 1.66. The molecule has 0 bridgehead atoms. The number of nitro groups is 1. The molecule has 1 rings (SSSR count). The van der Waals surface area contributed by atoms with Crippen LogP contribution in [0.5, 0.6) is 0 Å². The Hall–Kier alpha value is -1.24. The molecule has 0 radical (unpaired) electrons. The lowest BCUT2D eigenvalue weighted by molar-refractivity contribution is -0.384. The highest BCUT2D eigenvalue weighted by atomic mass is 32.2. The monoisotopic (exact) mass is 230 g/mol. The standard InChI is InChI=1S/C8H14N4O2S/c1-6(5-15-3)9-8-7(12(13)14)4-11(2)10-8/h4,6H,5H2,1-3H3,(H,9,10). The number of anilines is 1. The Labute approximate surface area is 92.2 Å². The van der Waals surface area contributed by atoms with E-state index in [2.05, 4.69) is 10.4 Å². The van der Waals surface area contributed by atoms with E-state index in [1.807, 2.05) is 13.2 Å². The molecule has 1 N–H and O–H groups in total. The summed E-state index contributed by atoms with van der Waals surface area (Å²) in [4.78, 5) is 10.3. The molecule has 15 heavy (non-hydrogen) atoms. The second-order valence-corrected chi connectivity index (χ2v) is 4.21. The molecule has 0 saturated heterocycles. The van der Waals surface area contributed by atoms with Crippen LogP contribution in [0.3, 0.4) is 0 Å². The minimum absolute atomic E-state index is 0.0189. The van der Waals surface area contributed by atoms with Gasteiger partial charge < -0.3 is 5.32 Å². The second kappa shape index (κ2) is 5.01. The fraction of sp³-hybridized carbons (Fsp3) is 0.625. The van der Waals surface area contributed by atoms with Crippen LogP contribution in [0.25, 0.3) is 0 Å². The third-order valence-electron chi connectivity index (χ3n) is 1.81. The van der Waals surface area contributed by atoms with Crippen molar-refractivity contribution in [3.8, 4) is 0 Å². The molecule has 0 aliphatic rings. The molecule has 6 nitrogen and oxygen atoms in total. The highest BCUT2D eigenvalue weighted by Crippen LogP contribution is 2.22. The van der Waals surface area contributed by atoms with Crippen molar-refractivity contribution >= 4 is 23.3 Å². The van der Waals surface area contributed by atoms with E-state index in [9.17, 15) is 10.1 Å². The van der Waals surface area contributed by atoms with Crippen LogP contribution in [-0.4, -0.2) is 32.8 Å². The van der Waals surface area contributed by atoms with Gasteiger partial charge in [-0.2, -0.15) is 11.8 Å². The molecular formula is C8H14N4O2S. The van der Waals surface area contributed by atoms with E-state index in [4.69, 9.17) is 0 Å². The maximum atomic E-state index is 10.7. The fourth-order valence-corrected chi connectivity index (χ4v) is 1.82. The predicted octanol–water partition coefficient (Wildman–Crippen LogP) is 1.49. The summed E-state index contributed by atoms with van der Waals surface area (Å²) in [5.74, 6) is 1.22. The third-order valence-corrected chi connectivity index (χ3v) is 2.64. The summed E-state index contributed by atoms with van der Waals surface area (Å²) in [5.41, 5.74) is 0.0189. The topological polar surface area (TPSA) is 73.0 Å². The molecule has 0 saturated carbocycles. The molecule has 0 amide bonds. The molecule has 1 aromatic rings. The van der Waals surface area contributed by atoms with Crippen molar-refractivity contribution < 1.29 is 4.92 Å². The summed E-state index contributed by atoms with van der Waals surface area (Å²) in [5, 5.41) is 17.7. The van der Waals surface area contributed by atoms with Gasteiger partial charge in [-0.05, 0) is 13.2 Å². The van der Waals surface area contributed by atoms with Gasteiger partial charge in [0.25, 0.3) is 0 Å². The van der Waals surface area contributed by atoms with E-state index in [-0.39, 0.29) is 11.7 Å². The van der Waals surface area contributed by atoms with Gasteiger partial charge in [0.1, 0.15) is 6.20 Å². The van der Waals surface area contributed by atoms with Crippen molar-refractivity contribution in [3.05, 3.63) is 16.3 Å². The van der Waals surface area contributed by atoms with Gasteiger partial charge in [-0.1, -0.05) is 0 Å². The van der Waals surface area contributed by atoms with Crippen LogP contribution in [0.1, 0.15) is 6.92 Å². The van der Waals surface area contributed by atoms with Crippen LogP contribution in [0, 0.1) is 10.1 Å². The van der Waals surface area contributed by atoms with Crippen molar-refractivity contribution in [2.45, 2.75) is 13.0 Å². The molecule has 1 unspecified atom stereocenters. The normalized spacial score (nSPS) is 12.5. The number of aromatic nitrogens is 2. The quantitative estimate of drug-likeness (QED) is 0.613. The maximum Gasteiger partial charge on any atom is 0.330 e. The van der Waals surface area contributed by atoms with Gasteiger partial charge in [0.05, 0.1) is 4.92 Å². The van der Waals surface area contributed by atoms with Crippen LogP contribution < -0.4 is 5.32 Å². The smallest absolute Gasteiger partial charge is 0.330 e. The van der Waals surface area contributed by atoms with Crippen LogP contribution in [-0.2, 0) is 7.05 Å². The van der Waals surface area contributed by atoms with Gasteiger partial charge in [-0.15, -0.1) is 5.10 Å². The summed E-state index contributed by atoms with van der Waals surface area (Å²) in [6, 6.07) is 0.161. The molecule has 0 aromatic carbocycles. The molecular weight excluding hydrogens is 216 g/mol. The zero-order valence-electron chi connectivity index (χ0n) is 8.93. The number of rotatable bonds is 5. The summed E-state index contributed by atoms with van der Waals surface area (Å²) in [6.07, 6.45) is 3.39. The molecule has 0 aliphatic carbocycles. The Morgan fingerprint density at radius 3 is 3.00 bits per heavy atom. The first-order valence-corrected chi connectivity index (χ1v) is 5.87. The number of aryl methyl sites for hydroxylation is 1. The first-order chi connectivity index (χ1) is 7.04. The van der Waals surface area contributed by atoms with E-state index in [1.165, 1.54) is 10.9 Å². The lowest BCUT2D eigenvalue weighted by Crippen LogP contribution is -2.18. The van der Waals surface area contributed by atoms with Gasteiger partial charge >= 0.3 is 5.69 Å². The Kier molecular flexibility index (Phi) is 3.96. The first kappa shape index (κ1) is 11.8. The third kappa shape index (κ3) is 3.12. The zero-order valence-corrected chi connectivity index (χ0v) is 9.74. The zero-order chi connectivity index (χ0) is 11.4. The molecule has 1 heterocycles. The van der Waals surface area contributed by atoms with Gasteiger partial charge in [0, 0.05) is 18.8 Å². The molecule has 0 spiro atoms. The molecule has 0 aliphatic heterocycles. The summed E-state index contributed by atoms with van der Waals surface area (Å²) >= 11 is 1.68. The molecule has 1 atom stereocenters. The van der Waals surface area contributed by atoms with Crippen molar-refractivity contribution in [2.24, 2.45) is 7.05 Å². The number of hydrogen-bond acceptors (Lipinski definition) is 5. The van der Waals surface area contributed by atoms with E-state index < -0.39 is 4.92 Å².